The van der Waals surface area contributed by atoms with E-state index in [0.717, 1.165) is 5.56 Å². The molecule has 0 saturated carbocycles. The molecule has 0 amide bonds. The molecule has 4 aromatic rings. The number of nitrogens with zero attached hydrogens (tertiary/aromatic N) is 4. The Morgan fingerprint density at radius 2 is 1.58 bits per heavy atom. The Labute approximate surface area is 140 Å². The topological polar surface area (TPSA) is 81.8 Å². The molecule has 7 heteroatoms. The highest BCUT2D eigenvalue weighted by Gasteiger charge is 2.13. The van der Waals surface area contributed by atoms with Crippen LogP contribution in [0.25, 0.3) is 34.0 Å². The first-order valence-electron chi connectivity index (χ1n) is 7.08. The Hall–Kier alpha value is -3.12. The van der Waals surface area contributed by atoms with Gasteiger partial charge in [0.05, 0.1) is 0 Å². The number of halogens is 1. The van der Waals surface area contributed by atoms with Crippen LogP contribution in [0.1, 0.15) is 0 Å². The van der Waals surface area contributed by atoms with Gasteiger partial charge in [-0.15, -0.1) is 10.2 Å². The van der Waals surface area contributed by atoms with Gasteiger partial charge in [-0.3, -0.25) is 0 Å². The second kappa shape index (κ2) is 5.82. The number of fused-ring (bicyclic) bond motifs is 1. The molecule has 116 valence electrons. The molecule has 6 nitrogen and oxygen atoms in total. The number of hydrogen-bond acceptors (Lipinski definition) is 6. The SMILES string of the molecule is O=c1oc(-c2ccccc2)nc2nc(-c3ccc(Cl)cc3)nnc12. The fourth-order valence-electron chi connectivity index (χ4n) is 2.21. The van der Waals surface area contributed by atoms with Gasteiger partial charge in [0.15, 0.2) is 11.5 Å². The van der Waals surface area contributed by atoms with Gasteiger partial charge in [0.2, 0.25) is 11.4 Å². The summed E-state index contributed by atoms with van der Waals surface area (Å²) in [6.07, 6.45) is 0. The standard InChI is InChI=1S/C17H9ClN4O2/c18-12-8-6-10(7-9-12)14-19-15-13(21-22-14)17(23)24-16(20-15)11-4-2-1-3-5-11/h1-9H. The molecular formula is C17H9ClN4O2. The second-order valence-electron chi connectivity index (χ2n) is 4.99. The Kier molecular flexibility index (Phi) is 3.51. The summed E-state index contributed by atoms with van der Waals surface area (Å²) < 4.78 is 5.21. The van der Waals surface area contributed by atoms with Crippen molar-refractivity contribution in [1.82, 2.24) is 20.2 Å². The summed E-state index contributed by atoms with van der Waals surface area (Å²) in [5.74, 6) is 0.548. The van der Waals surface area contributed by atoms with Crippen molar-refractivity contribution in [3.8, 4) is 22.8 Å². The van der Waals surface area contributed by atoms with E-state index in [2.05, 4.69) is 20.2 Å². The number of aromatic nitrogens is 4. The summed E-state index contributed by atoms with van der Waals surface area (Å²) in [5, 5.41) is 8.47. The van der Waals surface area contributed by atoms with Crippen molar-refractivity contribution in [2.45, 2.75) is 0 Å². The van der Waals surface area contributed by atoms with Crippen LogP contribution in [-0.2, 0) is 0 Å². The molecule has 0 bridgehead atoms. The molecule has 0 atom stereocenters. The lowest BCUT2D eigenvalue weighted by Gasteiger charge is -2.02. The van der Waals surface area contributed by atoms with E-state index < -0.39 is 5.63 Å². The minimum atomic E-state index is -0.624. The molecule has 0 aliphatic carbocycles. The molecule has 0 aliphatic heterocycles. The summed E-state index contributed by atoms with van der Waals surface area (Å²) in [6, 6.07) is 16.1. The zero-order chi connectivity index (χ0) is 16.5. The van der Waals surface area contributed by atoms with Crippen LogP contribution in [0.15, 0.2) is 63.8 Å². The van der Waals surface area contributed by atoms with E-state index in [4.69, 9.17) is 16.0 Å². The number of rotatable bonds is 2. The molecule has 2 heterocycles. The van der Waals surface area contributed by atoms with Crippen LogP contribution in [0.4, 0.5) is 0 Å². The van der Waals surface area contributed by atoms with Crippen molar-refractivity contribution in [2.24, 2.45) is 0 Å². The summed E-state index contributed by atoms with van der Waals surface area (Å²) >= 11 is 5.88. The first-order valence-corrected chi connectivity index (χ1v) is 7.45. The Balaban J connectivity index is 1.89. The average Bonchev–Trinajstić information content (AvgIpc) is 2.62. The van der Waals surface area contributed by atoms with Gasteiger partial charge in [-0.1, -0.05) is 29.8 Å². The molecule has 4 rings (SSSR count). The van der Waals surface area contributed by atoms with E-state index in [9.17, 15) is 4.79 Å². The number of benzene rings is 2. The summed E-state index contributed by atoms with van der Waals surface area (Å²) in [6.45, 7) is 0. The van der Waals surface area contributed by atoms with E-state index >= 15 is 0 Å². The zero-order valence-corrected chi connectivity index (χ0v) is 12.9. The predicted octanol–water partition coefficient (Wildman–Crippen LogP) is 3.36. The maximum atomic E-state index is 12.1. The molecule has 0 aliphatic rings. The Bertz CT molecular complexity index is 1080. The van der Waals surface area contributed by atoms with Gasteiger partial charge in [0, 0.05) is 16.1 Å². The fourth-order valence-corrected chi connectivity index (χ4v) is 2.33. The minimum Gasteiger partial charge on any atom is -0.402 e. The smallest absolute Gasteiger partial charge is 0.369 e. The van der Waals surface area contributed by atoms with Crippen molar-refractivity contribution < 1.29 is 4.42 Å². The fraction of sp³-hybridized carbons (Fsp3) is 0. The van der Waals surface area contributed by atoms with Crippen LogP contribution in [-0.4, -0.2) is 20.2 Å². The van der Waals surface area contributed by atoms with Gasteiger partial charge in [0.1, 0.15) is 0 Å². The third-order valence-electron chi connectivity index (χ3n) is 3.38. The van der Waals surface area contributed by atoms with E-state index in [-0.39, 0.29) is 17.1 Å². The van der Waals surface area contributed by atoms with Crippen molar-refractivity contribution in [2.75, 3.05) is 0 Å². The van der Waals surface area contributed by atoms with Crippen LogP contribution in [0, 0.1) is 0 Å². The van der Waals surface area contributed by atoms with Crippen molar-refractivity contribution in [3.63, 3.8) is 0 Å². The van der Waals surface area contributed by atoms with Gasteiger partial charge >= 0.3 is 5.63 Å². The molecular weight excluding hydrogens is 328 g/mol. The highest BCUT2D eigenvalue weighted by molar-refractivity contribution is 6.30. The van der Waals surface area contributed by atoms with Crippen molar-refractivity contribution >= 4 is 22.8 Å². The molecule has 2 aromatic carbocycles. The lowest BCUT2D eigenvalue weighted by Crippen LogP contribution is -2.08. The van der Waals surface area contributed by atoms with Crippen molar-refractivity contribution in [3.05, 3.63) is 70.0 Å². The largest absolute Gasteiger partial charge is 0.402 e. The van der Waals surface area contributed by atoms with Gasteiger partial charge in [-0.2, -0.15) is 4.98 Å². The van der Waals surface area contributed by atoms with E-state index in [0.29, 0.717) is 16.4 Å². The van der Waals surface area contributed by atoms with Crippen LogP contribution >= 0.6 is 11.6 Å². The van der Waals surface area contributed by atoms with Gasteiger partial charge in [0.25, 0.3) is 0 Å². The molecule has 0 radical (unpaired) electrons. The van der Waals surface area contributed by atoms with Crippen molar-refractivity contribution in [1.29, 1.82) is 0 Å². The Morgan fingerprint density at radius 3 is 2.33 bits per heavy atom. The highest BCUT2D eigenvalue weighted by Crippen LogP contribution is 2.20. The minimum absolute atomic E-state index is 0.00704. The van der Waals surface area contributed by atoms with Crippen LogP contribution in [0.5, 0.6) is 0 Å². The van der Waals surface area contributed by atoms with Gasteiger partial charge in [-0.25, -0.2) is 9.78 Å². The average molecular weight is 337 g/mol. The first kappa shape index (κ1) is 14.5. The molecule has 0 unspecified atom stereocenters. The normalized spacial score (nSPS) is 10.9. The van der Waals surface area contributed by atoms with Crippen LogP contribution in [0.2, 0.25) is 5.02 Å². The predicted molar refractivity (Wildman–Crippen MR) is 89.5 cm³/mol. The highest BCUT2D eigenvalue weighted by atomic mass is 35.5. The lowest BCUT2D eigenvalue weighted by atomic mass is 10.2. The molecule has 0 N–H and O–H groups in total. The lowest BCUT2D eigenvalue weighted by molar-refractivity contribution is 0.515. The second-order valence-corrected chi connectivity index (χ2v) is 5.42. The Morgan fingerprint density at radius 1 is 0.833 bits per heavy atom. The van der Waals surface area contributed by atoms with Crippen LogP contribution in [0.3, 0.4) is 0 Å². The van der Waals surface area contributed by atoms with Gasteiger partial charge < -0.3 is 4.42 Å². The maximum absolute atomic E-state index is 12.1. The van der Waals surface area contributed by atoms with E-state index in [1.54, 1.807) is 36.4 Å². The van der Waals surface area contributed by atoms with E-state index in [1.165, 1.54) is 0 Å². The zero-order valence-electron chi connectivity index (χ0n) is 12.2. The first-order chi connectivity index (χ1) is 11.7. The molecule has 0 spiro atoms. The molecule has 24 heavy (non-hydrogen) atoms. The summed E-state index contributed by atoms with van der Waals surface area (Å²) in [7, 11) is 0. The maximum Gasteiger partial charge on any atom is 0.369 e. The summed E-state index contributed by atoms with van der Waals surface area (Å²) in [4.78, 5) is 20.7. The number of hydrogen-bond donors (Lipinski definition) is 0. The third kappa shape index (κ3) is 2.63. The molecule has 0 fully saturated rings. The van der Waals surface area contributed by atoms with Crippen LogP contribution < -0.4 is 5.63 Å². The van der Waals surface area contributed by atoms with E-state index in [1.807, 2.05) is 18.2 Å². The van der Waals surface area contributed by atoms with Gasteiger partial charge in [-0.05, 0) is 36.4 Å². The third-order valence-corrected chi connectivity index (χ3v) is 3.63. The molecule has 0 saturated heterocycles. The monoisotopic (exact) mass is 336 g/mol. The quantitative estimate of drug-likeness (QED) is 0.558. The summed E-state index contributed by atoms with van der Waals surface area (Å²) in [5.41, 5.74) is 0.965. The molecule has 2 aromatic heterocycles.